The lowest BCUT2D eigenvalue weighted by atomic mass is 10.1. The lowest BCUT2D eigenvalue weighted by Gasteiger charge is -2.16. The molecule has 0 aromatic heterocycles. The summed E-state index contributed by atoms with van der Waals surface area (Å²) in [5, 5.41) is 3.45. The fourth-order valence-corrected chi connectivity index (χ4v) is 3.36. The molecule has 0 radical (unpaired) electrons. The Balaban J connectivity index is 0.00000220. The van der Waals surface area contributed by atoms with E-state index in [1.807, 2.05) is 6.92 Å². The van der Waals surface area contributed by atoms with Crippen molar-refractivity contribution in [3.8, 4) is 5.75 Å². The number of anilines is 1. The van der Waals surface area contributed by atoms with Gasteiger partial charge in [0.05, 0.1) is 16.8 Å². The minimum Gasteiger partial charge on any atom is -0.491 e. The van der Waals surface area contributed by atoms with E-state index in [1.165, 1.54) is 0 Å². The molecule has 1 aliphatic carbocycles. The van der Waals surface area contributed by atoms with Gasteiger partial charge < -0.3 is 15.8 Å². The van der Waals surface area contributed by atoms with Crippen molar-refractivity contribution in [2.75, 3.05) is 11.9 Å². The number of nitrogens with one attached hydrogen (secondary N) is 1. The van der Waals surface area contributed by atoms with Gasteiger partial charge >= 0.3 is 0 Å². The SMILES string of the molecule is CCOc1c(Br)cc(Cl)cc1NC(=O)C1CCC(N)C1.Cl. The van der Waals surface area contributed by atoms with Crippen LogP contribution in [0, 0.1) is 5.92 Å². The van der Waals surface area contributed by atoms with Gasteiger partial charge in [-0.1, -0.05) is 11.6 Å². The van der Waals surface area contributed by atoms with Crippen molar-refractivity contribution in [1.29, 1.82) is 0 Å². The van der Waals surface area contributed by atoms with Gasteiger partial charge in [-0.2, -0.15) is 0 Å². The molecule has 0 heterocycles. The minimum absolute atomic E-state index is 0. The van der Waals surface area contributed by atoms with Crippen molar-refractivity contribution >= 4 is 51.5 Å². The standard InChI is InChI=1S/C14H18BrClN2O2.ClH/c1-2-20-13-11(15)6-9(16)7-12(13)18-14(19)8-3-4-10(17)5-8;/h6-8,10H,2-5,17H2,1H3,(H,18,19);1H. The van der Waals surface area contributed by atoms with Gasteiger partial charge in [0.2, 0.25) is 5.91 Å². The first-order valence-corrected chi connectivity index (χ1v) is 7.86. The number of carbonyl (C=O) groups excluding carboxylic acids is 1. The summed E-state index contributed by atoms with van der Waals surface area (Å²) >= 11 is 9.43. The molecule has 1 aromatic carbocycles. The van der Waals surface area contributed by atoms with Crippen LogP contribution < -0.4 is 15.8 Å². The van der Waals surface area contributed by atoms with E-state index in [2.05, 4.69) is 21.2 Å². The van der Waals surface area contributed by atoms with Gasteiger partial charge in [0.25, 0.3) is 0 Å². The first-order chi connectivity index (χ1) is 9.51. The van der Waals surface area contributed by atoms with Crippen molar-refractivity contribution in [3.63, 3.8) is 0 Å². The monoisotopic (exact) mass is 396 g/mol. The van der Waals surface area contributed by atoms with Crippen molar-refractivity contribution in [3.05, 3.63) is 21.6 Å². The summed E-state index contributed by atoms with van der Waals surface area (Å²) in [4.78, 5) is 12.3. The topological polar surface area (TPSA) is 64.3 Å². The van der Waals surface area contributed by atoms with E-state index in [1.54, 1.807) is 12.1 Å². The number of ether oxygens (including phenoxy) is 1. The predicted molar refractivity (Wildman–Crippen MR) is 91.5 cm³/mol. The van der Waals surface area contributed by atoms with Crippen LogP contribution in [0.25, 0.3) is 0 Å². The minimum atomic E-state index is -0.0303. The molecule has 3 N–H and O–H groups in total. The third kappa shape index (κ3) is 4.74. The van der Waals surface area contributed by atoms with Gasteiger partial charge in [-0.15, -0.1) is 12.4 Å². The summed E-state index contributed by atoms with van der Waals surface area (Å²) in [6.07, 6.45) is 2.46. The molecule has 7 heteroatoms. The second kappa shape index (κ2) is 8.22. The molecule has 2 atom stereocenters. The van der Waals surface area contributed by atoms with Gasteiger partial charge in [0, 0.05) is 17.0 Å². The maximum absolute atomic E-state index is 12.3. The molecule has 1 fully saturated rings. The summed E-state index contributed by atoms with van der Waals surface area (Å²) in [5.41, 5.74) is 6.44. The zero-order valence-corrected chi connectivity index (χ0v) is 14.9. The smallest absolute Gasteiger partial charge is 0.227 e. The van der Waals surface area contributed by atoms with Crippen LogP contribution in [0.5, 0.6) is 5.75 Å². The number of carbonyl (C=O) groups is 1. The quantitative estimate of drug-likeness (QED) is 0.807. The van der Waals surface area contributed by atoms with Crippen LogP contribution in [0.15, 0.2) is 16.6 Å². The normalized spacial score (nSPS) is 20.8. The Kier molecular flexibility index (Phi) is 7.27. The van der Waals surface area contributed by atoms with Crippen LogP contribution in [0.1, 0.15) is 26.2 Å². The van der Waals surface area contributed by atoms with Gasteiger partial charge in [-0.25, -0.2) is 0 Å². The van der Waals surface area contributed by atoms with E-state index in [0.29, 0.717) is 23.1 Å². The Hall–Kier alpha value is -0.490. The number of nitrogens with two attached hydrogens (primary N) is 1. The highest BCUT2D eigenvalue weighted by Crippen LogP contribution is 2.37. The molecule has 1 aliphatic rings. The molecule has 4 nitrogen and oxygen atoms in total. The fourth-order valence-electron chi connectivity index (χ4n) is 2.43. The zero-order valence-electron chi connectivity index (χ0n) is 11.7. The van der Waals surface area contributed by atoms with E-state index in [-0.39, 0.29) is 30.3 Å². The fraction of sp³-hybridized carbons (Fsp3) is 0.500. The zero-order chi connectivity index (χ0) is 14.7. The molecule has 1 saturated carbocycles. The van der Waals surface area contributed by atoms with Crippen molar-refractivity contribution in [2.24, 2.45) is 11.7 Å². The van der Waals surface area contributed by atoms with Crippen molar-refractivity contribution < 1.29 is 9.53 Å². The Labute approximate surface area is 144 Å². The maximum atomic E-state index is 12.3. The third-order valence-corrected chi connectivity index (χ3v) is 4.21. The summed E-state index contributed by atoms with van der Waals surface area (Å²) in [6.45, 7) is 2.40. The third-order valence-electron chi connectivity index (χ3n) is 3.40. The molecule has 21 heavy (non-hydrogen) atoms. The molecule has 0 bridgehead atoms. The average molecular weight is 398 g/mol. The number of hydrogen-bond acceptors (Lipinski definition) is 3. The summed E-state index contributed by atoms with van der Waals surface area (Å²) in [7, 11) is 0. The maximum Gasteiger partial charge on any atom is 0.227 e. The van der Waals surface area contributed by atoms with Crippen LogP contribution in [-0.4, -0.2) is 18.6 Å². The molecular formula is C14H19BrCl2N2O2. The van der Waals surface area contributed by atoms with Crippen LogP contribution in [0.2, 0.25) is 5.02 Å². The van der Waals surface area contributed by atoms with Crippen LogP contribution >= 0.6 is 39.9 Å². The van der Waals surface area contributed by atoms with E-state index in [9.17, 15) is 4.79 Å². The van der Waals surface area contributed by atoms with Crippen molar-refractivity contribution in [1.82, 2.24) is 0 Å². The molecule has 1 aromatic rings. The molecule has 118 valence electrons. The first kappa shape index (κ1) is 18.6. The van der Waals surface area contributed by atoms with E-state index in [0.717, 1.165) is 23.7 Å². The van der Waals surface area contributed by atoms with E-state index in [4.69, 9.17) is 22.1 Å². The lowest BCUT2D eigenvalue weighted by molar-refractivity contribution is -0.119. The van der Waals surface area contributed by atoms with Gasteiger partial charge in [-0.3, -0.25) is 4.79 Å². The highest BCUT2D eigenvalue weighted by Gasteiger charge is 2.28. The molecule has 0 spiro atoms. The molecular weight excluding hydrogens is 379 g/mol. The Bertz CT molecular complexity index is 514. The summed E-state index contributed by atoms with van der Waals surface area (Å²) in [5.74, 6) is 0.554. The van der Waals surface area contributed by atoms with Crippen LogP contribution in [-0.2, 0) is 4.79 Å². The summed E-state index contributed by atoms with van der Waals surface area (Å²) < 4.78 is 6.29. The van der Waals surface area contributed by atoms with Gasteiger partial charge in [0.15, 0.2) is 5.75 Å². The largest absolute Gasteiger partial charge is 0.491 e. The van der Waals surface area contributed by atoms with E-state index >= 15 is 0 Å². The number of benzene rings is 1. The highest BCUT2D eigenvalue weighted by atomic mass is 79.9. The van der Waals surface area contributed by atoms with Gasteiger partial charge in [0.1, 0.15) is 0 Å². The molecule has 2 rings (SSSR count). The Morgan fingerprint density at radius 2 is 2.24 bits per heavy atom. The second-order valence-corrected chi connectivity index (χ2v) is 6.25. The number of amides is 1. The Morgan fingerprint density at radius 3 is 2.81 bits per heavy atom. The van der Waals surface area contributed by atoms with Crippen LogP contribution in [0.3, 0.4) is 0 Å². The second-order valence-electron chi connectivity index (χ2n) is 4.96. The molecule has 0 aliphatic heterocycles. The number of rotatable bonds is 4. The highest BCUT2D eigenvalue weighted by molar-refractivity contribution is 9.10. The first-order valence-electron chi connectivity index (χ1n) is 6.69. The van der Waals surface area contributed by atoms with E-state index < -0.39 is 0 Å². The van der Waals surface area contributed by atoms with Crippen LogP contribution in [0.4, 0.5) is 5.69 Å². The molecule has 2 unspecified atom stereocenters. The predicted octanol–water partition coefficient (Wildman–Crippen LogP) is 3.99. The van der Waals surface area contributed by atoms with Crippen molar-refractivity contribution in [2.45, 2.75) is 32.2 Å². The lowest BCUT2D eigenvalue weighted by Crippen LogP contribution is -2.23. The molecule has 1 amide bonds. The number of halogens is 3. The Morgan fingerprint density at radius 1 is 1.52 bits per heavy atom. The number of hydrogen-bond donors (Lipinski definition) is 2. The summed E-state index contributed by atoms with van der Waals surface area (Å²) in [6, 6.07) is 3.57. The van der Waals surface area contributed by atoms with Gasteiger partial charge in [-0.05, 0) is 54.2 Å². The average Bonchev–Trinajstić information content (AvgIpc) is 2.80. The molecule has 0 saturated heterocycles.